The first-order chi connectivity index (χ1) is 13.7. The van der Waals surface area contributed by atoms with Crippen molar-refractivity contribution in [1.29, 1.82) is 5.26 Å². The van der Waals surface area contributed by atoms with Gasteiger partial charge in [-0.1, -0.05) is 6.07 Å². The fraction of sp³-hybridized carbons (Fsp3) is 0.190. The highest BCUT2D eigenvalue weighted by molar-refractivity contribution is 5.88. The number of nitrogens with zero attached hydrogens (tertiary/aromatic N) is 1. The van der Waals surface area contributed by atoms with Crippen LogP contribution in [0.1, 0.15) is 35.2 Å². The minimum Gasteiger partial charge on any atom is -0.507 e. The molecule has 0 aliphatic rings. The van der Waals surface area contributed by atoms with Gasteiger partial charge in [0.25, 0.3) is 5.56 Å². The lowest BCUT2D eigenvalue weighted by atomic mass is 10.00. The monoisotopic (exact) mass is 397 g/mol. The molecule has 3 N–H and O–H groups in total. The quantitative estimate of drug-likeness (QED) is 0.629. The molecule has 3 aromatic rings. The second-order valence-electron chi connectivity index (χ2n) is 6.74. The van der Waals surface area contributed by atoms with E-state index in [1.54, 1.807) is 25.1 Å². The zero-order valence-electron chi connectivity index (χ0n) is 15.6. The number of halogens is 2. The molecule has 0 radical (unpaired) electrons. The van der Waals surface area contributed by atoms with Crippen molar-refractivity contribution in [2.24, 2.45) is 0 Å². The fourth-order valence-electron chi connectivity index (χ4n) is 3.24. The molecule has 1 aromatic heterocycles. The van der Waals surface area contributed by atoms with Gasteiger partial charge in [0.05, 0.1) is 35.2 Å². The Kier molecular flexibility index (Phi) is 5.33. The minimum absolute atomic E-state index is 0.0721. The number of aromatic hydroxyl groups is 1. The number of aryl methyl sites for hydroxylation is 1. The van der Waals surface area contributed by atoms with Crippen molar-refractivity contribution in [3.05, 3.63) is 74.6 Å². The Labute approximate surface area is 164 Å². The normalized spacial score (nSPS) is 11.8. The van der Waals surface area contributed by atoms with E-state index in [0.717, 1.165) is 23.3 Å². The predicted molar refractivity (Wildman–Crippen MR) is 102 cm³/mol. The number of rotatable bonds is 4. The van der Waals surface area contributed by atoms with Crippen molar-refractivity contribution in [2.45, 2.75) is 26.3 Å². The number of nitrogens with one attached hydrogen (secondary N) is 2. The van der Waals surface area contributed by atoms with Crippen LogP contribution in [0.25, 0.3) is 10.9 Å². The number of amides is 1. The summed E-state index contributed by atoms with van der Waals surface area (Å²) < 4.78 is 26.8. The third-order valence-electron chi connectivity index (χ3n) is 4.70. The molecule has 0 unspecified atom stereocenters. The van der Waals surface area contributed by atoms with Gasteiger partial charge in [0.2, 0.25) is 5.91 Å². The van der Waals surface area contributed by atoms with E-state index in [9.17, 15) is 23.5 Å². The molecule has 1 amide bonds. The summed E-state index contributed by atoms with van der Waals surface area (Å²) in [6, 6.07) is 8.23. The van der Waals surface area contributed by atoms with Gasteiger partial charge in [0.15, 0.2) is 11.6 Å². The van der Waals surface area contributed by atoms with Crippen molar-refractivity contribution < 1.29 is 18.7 Å². The number of aromatic nitrogens is 1. The molecule has 0 saturated carbocycles. The number of nitriles is 1. The van der Waals surface area contributed by atoms with Gasteiger partial charge in [-0.25, -0.2) is 8.78 Å². The van der Waals surface area contributed by atoms with Crippen LogP contribution in [0.2, 0.25) is 0 Å². The number of H-pyrrole nitrogens is 1. The Hall–Kier alpha value is -3.73. The molecular formula is C21H17F2N3O3. The lowest BCUT2D eigenvalue weighted by molar-refractivity contribution is -0.121. The van der Waals surface area contributed by atoms with E-state index in [4.69, 9.17) is 5.26 Å². The van der Waals surface area contributed by atoms with E-state index in [0.29, 0.717) is 5.56 Å². The highest BCUT2D eigenvalue weighted by Gasteiger charge is 2.19. The SMILES string of the molecule is Cc1cc(C#N)ccc1[C@H](C)NC(=O)Cc1c(O)c2cc(F)c(F)cc2[nH]c1=O. The van der Waals surface area contributed by atoms with E-state index >= 15 is 0 Å². The van der Waals surface area contributed by atoms with Crippen molar-refractivity contribution in [3.8, 4) is 11.8 Å². The first-order valence-electron chi connectivity index (χ1n) is 8.74. The van der Waals surface area contributed by atoms with Crippen LogP contribution in [-0.4, -0.2) is 16.0 Å². The maximum Gasteiger partial charge on any atom is 0.255 e. The van der Waals surface area contributed by atoms with E-state index < -0.39 is 41.3 Å². The van der Waals surface area contributed by atoms with Gasteiger partial charge in [0.1, 0.15) is 5.75 Å². The maximum atomic E-state index is 13.5. The number of benzene rings is 2. The molecule has 8 heteroatoms. The third-order valence-corrected chi connectivity index (χ3v) is 4.70. The number of fused-ring (bicyclic) bond motifs is 1. The first kappa shape index (κ1) is 20.0. The van der Waals surface area contributed by atoms with Gasteiger partial charge >= 0.3 is 0 Å². The van der Waals surface area contributed by atoms with Crippen LogP contribution in [0.3, 0.4) is 0 Å². The molecule has 0 aliphatic heterocycles. The zero-order chi connectivity index (χ0) is 21.3. The van der Waals surface area contributed by atoms with Crippen molar-refractivity contribution in [3.63, 3.8) is 0 Å². The number of carbonyl (C=O) groups is 1. The molecule has 0 aliphatic carbocycles. The topological polar surface area (TPSA) is 106 Å². The molecule has 1 heterocycles. The average Bonchev–Trinajstić information content (AvgIpc) is 2.66. The Balaban J connectivity index is 1.85. The van der Waals surface area contributed by atoms with Crippen LogP contribution in [0.5, 0.6) is 5.75 Å². The molecule has 0 bridgehead atoms. The molecule has 6 nitrogen and oxygen atoms in total. The van der Waals surface area contributed by atoms with E-state index in [1.807, 2.05) is 13.0 Å². The zero-order valence-corrected chi connectivity index (χ0v) is 15.6. The third kappa shape index (κ3) is 3.94. The highest BCUT2D eigenvalue weighted by atomic mass is 19.2. The molecule has 148 valence electrons. The summed E-state index contributed by atoms with van der Waals surface area (Å²) in [5, 5.41) is 21.9. The first-order valence-corrected chi connectivity index (χ1v) is 8.74. The maximum absolute atomic E-state index is 13.5. The van der Waals surface area contributed by atoms with Crippen molar-refractivity contribution in [1.82, 2.24) is 10.3 Å². The number of hydrogen-bond donors (Lipinski definition) is 3. The number of carbonyl (C=O) groups excluding carboxylic acids is 1. The van der Waals surface area contributed by atoms with Gasteiger partial charge in [-0.3, -0.25) is 9.59 Å². The van der Waals surface area contributed by atoms with Crippen LogP contribution in [0, 0.1) is 29.9 Å². The van der Waals surface area contributed by atoms with Crippen LogP contribution >= 0.6 is 0 Å². The highest BCUT2D eigenvalue weighted by Crippen LogP contribution is 2.27. The summed E-state index contributed by atoms with van der Waals surface area (Å²) in [5.74, 6) is -3.45. The Bertz CT molecular complexity index is 1230. The molecule has 3 rings (SSSR count). The number of hydrogen-bond acceptors (Lipinski definition) is 4. The Morgan fingerprint density at radius 2 is 1.97 bits per heavy atom. The predicted octanol–water partition coefficient (Wildman–Crippen LogP) is 3.11. The van der Waals surface area contributed by atoms with Crippen LogP contribution in [-0.2, 0) is 11.2 Å². The summed E-state index contributed by atoms with van der Waals surface area (Å²) in [6.45, 7) is 3.56. The van der Waals surface area contributed by atoms with E-state index in [2.05, 4.69) is 10.3 Å². The molecule has 1 atom stereocenters. The van der Waals surface area contributed by atoms with Crippen molar-refractivity contribution >= 4 is 16.8 Å². The molecule has 0 spiro atoms. The van der Waals surface area contributed by atoms with Crippen LogP contribution in [0.4, 0.5) is 8.78 Å². The Morgan fingerprint density at radius 1 is 1.28 bits per heavy atom. The van der Waals surface area contributed by atoms with Gasteiger partial charge in [-0.15, -0.1) is 0 Å². The smallest absolute Gasteiger partial charge is 0.255 e. The summed E-state index contributed by atoms with van der Waals surface area (Å²) in [7, 11) is 0. The molecular weight excluding hydrogens is 380 g/mol. The Morgan fingerprint density at radius 3 is 2.62 bits per heavy atom. The summed E-state index contributed by atoms with van der Waals surface area (Å²) >= 11 is 0. The van der Waals surface area contributed by atoms with Crippen molar-refractivity contribution in [2.75, 3.05) is 0 Å². The van der Waals surface area contributed by atoms with Gasteiger partial charge in [-0.2, -0.15) is 5.26 Å². The van der Waals surface area contributed by atoms with Crippen LogP contribution < -0.4 is 10.9 Å². The van der Waals surface area contributed by atoms with E-state index in [1.165, 1.54) is 0 Å². The number of aromatic amines is 1. The van der Waals surface area contributed by atoms with Crippen LogP contribution in [0.15, 0.2) is 35.1 Å². The fourth-order valence-corrected chi connectivity index (χ4v) is 3.24. The molecule has 29 heavy (non-hydrogen) atoms. The summed E-state index contributed by atoms with van der Waals surface area (Å²) in [5.41, 5.74) is 1.04. The molecule has 0 saturated heterocycles. The lowest BCUT2D eigenvalue weighted by Crippen LogP contribution is -2.30. The van der Waals surface area contributed by atoms with Gasteiger partial charge in [-0.05, 0) is 43.2 Å². The van der Waals surface area contributed by atoms with Gasteiger partial charge < -0.3 is 15.4 Å². The lowest BCUT2D eigenvalue weighted by Gasteiger charge is -2.17. The molecule has 2 aromatic carbocycles. The minimum atomic E-state index is -1.18. The summed E-state index contributed by atoms with van der Waals surface area (Å²) in [6.07, 6.45) is -0.449. The summed E-state index contributed by atoms with van der Waals surface area (Å²) in [4.78, 5) is 27.0. The largest absolute Gasteiger partial charge is 0.507 e. The van der Waals surface area contributed by atoms with Gasteiger partial charge in [0, 0.05) is 11.5 Å². The van der Waals surface area contributed by atoms with E-state index in [-0.39, 0.29) is 16.5 Å². The second-order valence-corrected chi connectivity index (χ2v) is 6.74. The second kappa shape index (κ2) is 7.72. The number of pyridine rings is 1. The standard InChI is InChI=1S/C21H17F2N3O3/c1-10-5-12(9-24)3-4-13(10)11(2)25-19(27)7-15-20(28)14-6-16(22)17(23)8-18(14)26-21(15)29/h3-6,8,11H,7H2,1-2H3,(H,25,27)(H2,26,28,29)/t11-/m0/s1. The average molecular weight is 397 g/mol. The molecule has 0 fully saturated rings.